The number of carbonyl (C=O) groups is 1. The van der Waals surface area contributed by atoms with E-state index in [0.717, 1.165) is 25.9 Å². The Morgan fingerprint density at radius 3 is 2.22 bits per heavy atom. The summed E-state index contributed by atoms with van der Waals surface area (Å²) in [5, 5.41) is 3.26. The van der Waals surface area contributed by atoms with Crippen LogP contribution in [0.1, 0.15) is 12.8 Å². The van der Waals surface area contributed by atoms with Crippen molar-refractivity contribution in [2.75, 3.05) is 13.1 Å². The molecule has 2 atom stereocenters. The van der Waals surface area contributed by atoms with Crippen molar-refractivity contribution in [3.8, 4) is 0 Å². The first-order chi connectivity index (χ1) is 4.38. The van der Waals surface area contributed by atoms with E-state index in [0.29, 0.717) is 17.6 Å². The van der Waals surface area contributed by atoms with Crippen LogP contribution < -0.4 is 5.32 Å². The predicted octanol–water partition coefficient (Wildman–Crippen LogP) is 0.185. The molecule has 1 saturated carbocycles. The van der Waals surface area contributed by atoms with Gasteiger partial charge in [0.15, 0.2) is 0 Å². The van der Waals surface area contributed by atoms with Gasteiger partial charge in [0.1, 0.15) is 5.78 Å². The van der Waals surface area contributed by atoms with Crippen LogP contribution in [0.2, 0.25) is 0 Å². The van der Waals surface area contributed by atoms with Gasteiger partial charge in [-0.05, 0) is 12.8 Å². The van der Waals surface area contributed by atoms with Crippen LogP contribution in [-0.4, -0.2) is 18.9 Å². The van der Waals surface area contributed by atoms with E-state index in [1.807, 2.05) is 0 Å². The number of rotatable bonds is 0. The highest BCUT2D eigenvalue weighted by Gasteiger charge is 2.36. The second-order valence-corrected chi connectivity index (χ2v) is 3.03. The van der Waals surface area contributed by atoms with Crippen LogP contribution in [0.15, 0.2) is 0 Å². The molecule has 2 fully saturated rings. The first kappa shape index (κ1) is 5.42. The van der Waals surface area contributed by atoms with Gasteiger partial charge in [-0.25, -0.2) is 0 Å². The molecule has 2 heteroatoms. The minimum absolute atomic E-state index is 0.378. The minimum Gasteiger partial charge on any atom is -0.315 e. The minimum atomic E-state index is 0.378. The standard InChI is InChI=1S/C7H11NO/c9-7-5-1-2-6(7)4-8-3-5/h5-6,8H,1-4H2/t5-,6-/m0/s1. The average molecular weight is 125 g/mol. The van der Waals surface area contributed by atoms with E-state index < -0.39 is 0 Å². The lowest BCUT2D eigenvalue weighted by atomic mass is 9.99. The lowest BCUT2D eigenvalue weighted by Crippen LogP contribution is -2.38. The van der Waals surface area contributed by atoms with Gasteiger partial charge in [0.25, 0.3) is 0 Å². The van der Waals surface area contributed by atoms with Crippen LogP contribution in [0.25, 0.3) is 0 Å². The molecule has 1 aliphatic carbocycles. The fraction of sp³-hybridized carbons (Fsp3) is 0.857. The molecule has 1 saturated heterocycles. The summed E-state index contributed by atoms with van der Waals surface area (Å²) in [6.45, 7) is 1.88. The van der Waals surface area contributed by atoms with Crippen molar-refractivity contribution >= 4 is 5.78 Å². The van der Waals surface area contributed by atoms with Crippen LogP contribution in [0.5, 0.6) is 0 Å². The Morgan fingerprint density at radius 1 is 1.22 bits per heavy atom. The molecular formula is C7H11NO. The number of nitrogens with one attached hydrogen (secondary N) is 1. The van der Waals surface area contributed by atoms with Gasteiger partial charge in [0.2, 0.25) is 0 Å². The molecule has 1 N–H and O–H groups in total. The molecule has 0 spiro atoms. The zero-order valence-electron chi connectivity index (χ0n) is 5.39. The molecule has 0 aromatic heterocycles. The van der Waals surface area contributed by atoms with E-state index in [1.54, 1.807) is 0 Å². The summed E-state index contributed by atoms with van der Waals surface area (Å²) in [5.74, 6) is 1.28. The maximum Gasteiger partial charge on any atom is 0.141 e. The number of piperidine rings is 1. The SMILES string of the molecule is O=C1[C@H]2CC[C@H]1CNC2. The van der Waals surface area contributed by atoms with Gasteiger partial charge >= 0.3 is 0 Å². The van der Waals surface area contributed by atoms with Gasteiger partial charge in [0.05, 0.1) is 0 Å². The third kappa shape index (κ3) is 0.697. The van der Waals surface area contributed by atoms with Crippen molar-refractivity contribution in [1.82, 2.24) is 5.32 Å². The van der Waals surface area contributed by atoms with Gasteiger partial charge in [-0.2, -0.15) is 0 Å². The highest BCUT2D eigenvalue weighted by atomic mass is 16.1. The van der Waals surface area contributed by atoms with Gasteiger partial charge in [0, 0.05) is 24.9 Å². The summed E-state index contributed by atoms with van der Waals surface area (Å²) in [6.07, 6.45) is 2.27. The maximum atomic E-state index is 11.1. The Morgan fingerprint density at radius 2 is 1.78 bits per heavy atom. The zero-order chi connectivity index (χ0) is 6.27. The second kappa shape index (κ2) is 1.81. The van der Waals surface area contributed by atoms with Gasteiger partial charge in [-0.1, -0.05) is 0 Å². The van der Waals surface area contributed by atoms with Gasteiger partial charge in [-0.3, -0.25) is 4.79 Å². The number of hydrogen-bond acceptors (Lipinski definition) is 2. The van der Waals surface area contributed by atoms with E-state index in [1.165, 1.54) is 0 Å². The number of carbonyl (C=O) groups excluding carboxylic acids is 1. The number of hydrogen-bond donors (Lipinski definition) is 1. The van der Waals surface area contributed by atoms with E-state index in [9.17, 15) is 4.79 Å². The summed E-state index contributed by atoms with van der Waals surface area (Å²) in [7, 11) is 0. The summed E-state index contributed by atoms with van der Waals surface area (Å²) in [6, 6.07) is 0. The van der Waals surface area contributed by atoms with Crippen LogP contribution in [0, 0.1) is 11.8 Å². The molecule has 50 valence electrons. The van der Waals surface area contributed by atoms with Gasteiger partial charge < -0.3 is 5.32 Å². The topological polar surface area (TPSA) is 29.1 Å². The lowest BCUT2D eigenvalue weighted by molar-refractivity contribution is -0.124. The molecule has 0 aromatic carbocycles. The summed E-state index contributed by atoms with van der Waals surface area (Å²) in [5.41, 5.74) is 0. The molecule has 0 aromatic rings. The summed E-state index contributed by atoms with van der Waals surface area (Å²) < 4.78 is 0. The summed E-state index contributed by atoms with van der Waals surface area (Å²) >= 11 is 0. The van der Waals surface area contributed by atoms with Gasteiger partial charge in [-0.15, -0.1) is 0 Å². The Bertz CT molecular complexity index is 126. The molecule has 0 unspecified atom stereocenters. The fourth-order valence-electron chi connectivity index (χ4n) is 1.86. The predicted molar refractivity (Wildman–Crippen MR) is 34.1 cm³/mol. The van der Waals surface area contributed by atoms with Crippen molar-refractivity contribution in [1.29, 1.82) is 0 Å². The molecule has 1 heterocycles. The molecule has 0 amide bonds. The fourth-order valence-corrected chi connectivity index (χ4v) is 1.86. The van der Waals surface area contributed by atoms with Crippen molar-refractivity contribution in [2.45, 2.75) is 12.8 Å². The smallest absolute Gasteiger partial charge is 0.141 e. The normalized spacial score (nSPS) is 41.6. The third-order valence-corrected chi connectivity index (χ3v) is 2.45. The Balaban J connectivity index is 2.19. The lowest BCUT2D eigenvalue weighted by Gasteiger charge is -2.17. The van der Waals surface area contributed by atoms with E-state index in [-0.39, 0.29) is 0 Å². The quantitative estimate of drug-likeness (QED) is 0.500. The van der Waals surface area contributed by atoms with E-state index >= 15 is 0 Å². The van der Waals surface area contributed by atoms with Crippen molar-refractivity contribution in [2.24, 2.45) is 11.8 Å². The van der Waals surface area contributed by atoms with Crippen molar-refractivity contribution in [3.05, 3.63) is 0 Å². The third-order valence-electron chi connectivity index (χ3n) is 2.45. The van der Waals surface area contributed by atoms with E-state index in [2.05, 4.69) is 5.32 Å². The van der Waals surface area contributed by atoms with Crippen LogP contribution in [0.3, 0.4) is 0 Å². The second-order valence-electron chi connectivity index (χ2n) is 3.03. The monoisotopic (exact) mass is 125 g/mol. The molecule has 0 radical (unpaired) electrons. The Kier molecular flexibility index (Phi) is 1.09. The largest absolute Gasteiger partial charge is 0.315 e. The molecule has 2 aliphatic rings. The van der Waals surface area contributed by atoms with Crippen LogP contribution in [0.4, 0.5) is 0 Å². The van der Waals surface area contributed by atoms with Crippen LogP contribution in [-0.2, 0) is 4.79 Å². The maximum absolute atomic E-state index is 11.1. The highest BCUT2D eigenvalue weighted by molar-refractivity contribution is 5.86. The van der Waals surface area contributed by atoms with Crippen LogP contribution >= 0.6 is 0 Å². The summed E-state index contributed by atoms with van der Waals surface area (Å²) in [4.78, 5) is 11.1. The highest BCUT2D eigenvalue weighted by Crippen LogP contribution is 2.29. The number of Topliss-reactive ketones (excluding diaryl/α,β-unsaturated/α-hetero) is 1. The number of ketones is 1. The molecular weight excluding hydrogens is 114 g/mol. The molecule has 2 rings (SSSR count). The Labute approximate surface area is 54.6 Å². The molecule has 1 aliphatic heterocycles. The zero-order valence-corrected chi connectivity index (χ0v) is 5.39. The molecule has 9 heavy (non-hydrogen) atoms. The Hall–Kier alpha value is -0.370. The molecule has 2 nitrogen and oxygen atoms in total. The molecule has 2 bridgehead atoms. The number of fused-ring (bicyclic) bond motifs is 2. The average Bonchev–Trinajstić information content (AvgIpc) is 2.19. The van der Waals surface area contributed by atoms with E-state index in [4.69, 9.17) is 0 Å². The van der Waals surface area contributed by atoms with Crippen molar-refractivity contribution in [3.63, 3.8) is 0 Å². The first-order valence-electron chi connectivity index (χ1n) is 3.62. The first-order valence-corrected chi connectivity index (χ1v) is 3.62. The van der Waals surface area contributed by atoms with Crippen molar-refractivity contribution < 1.29 is 4.79 Å².